The van der Waals surface area contributed by atoms with E-state index in [0.29, 0.717) is 5.92 Å². The van der Waals surface area contributed by atoms with Crippen LogP contribution in [-0.4, -0.2) is 15.0 Å². The van der Waals surface area contributed by atoms with Crippen LogP contribution in [0.1, 0.15) is 45.7 Å². The van der Waals surface area contributed by atoms with Gasteiger partial charge in [0.1, 0.15) is 11.2 Å². The van der Waals surface area contributed by atoms with Crippen molar-refractivity contribution in [1.29, 1.82) is 0 Å². The summed E-state index contributed by atoms with van der Waals surface area (Å²) in [7, 11) is 0. The summed E-state index contributed by atoms with van der Waals surface area (Å²) in [6.45, 7) is 11.3. The van der Waals surface area contributed by atoms with Crippen LogP contribution < -0.4 is 0 Å². The summed E-state index contributed by atoms with van der Waals surface area (Å²) in [6.07, 6.45) is 2.69. The smallest absolute Gasteiger partial charge is 0.124 e. The Labute approximate surface area is 199 Å². The highest BCUT2D eigenvalue weighted by Gasteiger charge is 2.19. The fraction of sp³-hybridized carbons (Fsp3) is 0.276. The van der Waals surface area contributed by atoms with Gasteiger partial charge in [0.05, 0.1) is 17.1 Å². The van der Waals surface area contributed by atoms with Gasteiger partial charge in [0.15, 0.2) is 0 Å². The number of fused-ring (bicyclic) bond motifs is 2. The van der Waals surface area contributed by atoms with Crippen LogP contribution in [0, 0.1) is 5.92 Å². The Morgan fingerprint density at radius 2 is 1.64 bits per heavy atom. The molecule has 3 aromatic heterocycles. The lowest BCUT2D eigenvalue weighted by Gasteiger charge is -2.22. The average molecular weight is 452 g/mol. The van der Waals surface area contributed by atoms with E-state index in [1.807, 2.05) is 0 Å². The van der Waals surface area contributed by atoms with Gasteiger partial charge >= 0.3 is 0 Å². The van der Waals surface area contributed by atoms with Crippen molar-refractivity contribution in [2.45, 2.75) is 46.5 Å². The van der Waals surface area contributed by atoms with Gasteiger partial charge in [0.25, 0.3) is 0 Å². The normalized spacial score (nSPS) is 12.2. The first-order valence-corrected chi connectivity index (χ1v) is 12.4. The lowest BCUT2D eigenvalue weighted by atomic mass is 9.82. The predicted octanol–water partition coefficient (Wildman–Crippen LogP) is 8.07. The number of nitrogens with zero attached hydrogens (tertiary/aromatic N) is 3. The molecular weight excluding hydrogens is 422 g/mol. The molecule has 33 heavy (non-hydrogen) atoms. The molecule has 0 saturated heterocycles. The van der Waals surface area contributed by atoms with Crippen LogP contribution >= 0.6 is 11.3 Å². The molecular formula is C29H29N3S. The predicted molar refractivity (Wildman–Crippen MR) is 141 cm³/mol. The number of aromatic nitrogens is 3. The molecule has 0 bridgehead atoms. The third-order valence-electron chi connectivity index (χ3n) is 6.05. The maximum atomic E-state index is 4.94. The van der Waals surface area contributed by atoms with E-state index in [2.05, 4.69) is 105 Å². The minimum atomic E-state index is 0.0307. The molecule has 0 amide bonds. The van der Waals surface area contributed by atoms with Crippen molar-refractivity contribution < 1.29 is 0 Å². The van der Waals surface area contributed by atoms with E-state index in [4.69, 9.17) is 4.98 Å². The molecule has 166 valence electrons. The van der Waals surface area contributed by atoms with Gasteiger partial charge < -0.3 is 0 Å². The Kier molecular flexibility index (Phi) is 5.49. The van der Waals surface area contributed by atoms with E-state index in [9.17, 15) is 0 Å². The molecule has 5 aromatic rings. The van der Waals surface area contributed by atoms with Crippen LogP contribution in [0.15, 0.2) is 66.3 Å². The standard InChI is InChI=1S/C29H29N3S/c1-18(2)12-20-15-27(32-28-23(20)10-11-33-28)26-16-25(30-17-31-26)21-13-19-8-6-7-9-22(19)24(14-21)29(3,4)5/h6-11,13-18H,12H2,1-5H3. The third kappa shape index (κ3) is 4.28. The summed E-state index contributed by atoms with van der Waals surface area (Å²) < 4.78 is 0. The fourth-order valence-electron chi connectivity index (χ4n) is 4.49. The minimum absolute atomic E-state index is 0.0307. The molecule has 0 unspecified atom stereocenters. The van der Waals surface area contributed by atoms with Crippen molar-refractivity contribution in [3.63, 3.8) is 0 Å². The first kappa shape index (κ1) is 21.7. The quantitative estimate of drug-likeness (QED) is 0.277. The van der Waals surface area contributed by atoms with Crippen molar-refractivity contribution in [2.24, 2.45) is 5.92 Å². The van der Waals surface area contributed by atoms with Crippen molar-refractivity contribution in [3.8, 4) is 22.6 Å². The molecule has 3 nitrogen and oxygen atoms in total. The number of rotatable bonds is 4. The van der Waals surface area contributed by atoms with E-state index in [1.165, 1.54) is 27.3 Å². The second-order valence-corrected chi connectivity index (χ2v) is 11.1. The molecule has 0 N–H and O–H groups in total. The van der Waals surface area contributed by atoms with Crippen LogP contribution in [0.25, 0.3) is 43.6 Å². The monoisotopic (exact) mass is 451 g/mol. The van der Waals surface area contributed by atoms with Crippen LogP contribution in [0.5, 0.6) is 0 Å². The van der Waals surface area contributed by atoms with Gasteiger partial charge in [-0.1, -0.05) is 58.9 Å². The van der Waals surface area contributed by atoms with E-state index in [1.54, 1.807) is 17.7 Å². The van der Waals surface area contributed by atoms with Crippen LogP contribution in [0.3, 0.4) is 0 Å². The maximum absolute atomic E-state index is 4.94. The molecule has 2 aromatic carbocycles. The number of thiophene rings is 1. The minimum Gasteiger partial charge on any atom is -0.236 e. The van der Waals surface area contributed by atoms with Gasteiger partial charge in [-0.05, 0) is 75.4 Å². The van der Waals surface area contributed by atoms with Crippen molar-refractivity contribution >= 4 is 32.3 Å². The van der Waals surface area contributed by atoms with Crippen molar-refractivity contribution in [2.75, 3.05) is 0 Å². The molecule has 4 heteroatoms. The highest BCUT2D eigenvalue weighted by atomic mass is 32.1. The highest BCUT2D eigenvalue weighted by molar-refractivity contribution is 7.16. The summed E-state index contributed by atoms with van der Waals surface area (Å²) >= 11 is 1.69. The molecule has 0 aliphatic rings. The Balaban J connectivity index is 1.65. The highest BCUT2D eigenvalue weighted by Crippen LogP contribution is 2.35. The van der Waals surface area contributed by atoms with Gasteiger partial charge in [0.2, 0.25) is 0 Å². The second kappa shape index (κ2) is 8.35. The second-order valence-electron chi connectivity index (χ2n) is 10.2. The topological polar surface area (TPSA) is 38.7 Å². The fourth-order valence-corrected chi connectivity index (χ4v) is 5.30. The van der Waals surface area contributed by atoms with E-state index < -0.39 is 0 Å². The zero-order valence-corrected chi connectivity index (χ0v) is 20.7. The maximum Gasteiger partial charge on any atom is 0.124 e. The Hall–Kier alpha value is -3.11. The van der Waals surface area contributed by atoms with Gasteiger partial charge in [-0.2, -0.15) is 0 Å². The summed E-state index contributed by atoms with van der Waals surface area (Å²) in [5, 5.41) is 5.92. The molecule has 0 spiro atoms. The van der Waals surface area contributed by atoms with E-state index >= 15 is 0 Å². The summed E-state index contributed by atoms with van der Waals surface area (Å²) in [6, 6.07) is 19.6. The van der Waals surface area contributed by atoms with E-state index in [-0.39, 0.29) is 5.41 Å². The van der Waals surface area contributed by atoms with Crippen LogP contribution in [0.2, 0.25) is 0 Å². The number of pyridine rings is 1. The summed E-state index contributed by atoms with van der Waals surface area (Å²) in [4.78, 5) is 15.3. The molecule has 0 atom stereocenters. The average Bonchev–Trinajstić information content (AvgIpc) is 3.26. The van der Waals surface area contributed by atoms with Crippen LogP contribution in [0.4, 0.5) is 0 Å². The lowest BCUT2D eigenvalue weighted by molar-refractivity contribution is 0.596. The summed E-state index contributed by atoms with van der Waals surface area (Å²) in [5.41, 5.74) is 6.52. The lowest BCUT2D eigenvalue weighted by Crippen LogP contribution is -2.12. The first-order valence-electron chi connectivity index (χ1n) is 11.5. The molecule has 5 rings (SSSR count). The van der Waals surface area contributed by atoms with Gasteiger partial charge in [-0.25, -0.2) is 15.0 Å². The van der Waals surface area contributed by atoms with E-state index in [0.717, 1.165) is 33.9 Å². The molecule has 0 radical (unpaired) electrons. The molecule has 0 aliphatic heterocycles. The third-order valence-corrected chi connectivity index (χ3v) is 6.85. The zero-order chi connectivity index (χ0) is 23.2. The molecule has 0 aliphatic carbocycles. The number of hydrogen-bond donors (Lipinski definition) is 0. The molecule has 0 saturated carbocycles. The Morgan fingerprint density at radius 3 is 2.42 bits per heavy atom. The van der Waals surface area contributed by atoms with Gasteiger partial charge in [0, 0.05) is 10.9 Å². The van der Waals surface area contributed by atoms with Crippen LogP contribution in [-0.2, 0) is 11.8 Å². The van der Waals surface area contributed by atoms with Crippen molar-refractivity contribution in [3.05, 3.63) is 77.4 Å². The van der Waals surface area contributed by atoms with Gasteiger partial charge in [-0.3, -0.25) is 0 Å². The molecule has 3 heterocycles. The molecule has 0 fully saturated rings. The SMILES string of the molecule is CC(C)Cc1cc(-c2cc(-c3cc(C(C)(C)C)c4ccccc4c3)ncn2)nc2sccc12. The Morgan fingerprint density at radius 1 is 0.848 bits per heavy atom. The number of benzene rings is 2. The zero-order valence-electron chi connectivity index (χ0n) is 19.9. The first-order chi connectivity index (χ1) is 15.8. The number of hydrogen-bond acceptors (Lipinski definition) is 4. The summed E-state index contributed by atoms with van der Waals surface area (Å²) in [5.74, 6) is 0.581. The Bertz CT molecular complexity index is 1460. The largest absolute Gasteiger partial charge is 0.236 e. The van der Waals surface area contributed by atoms with Gasteiger partial charge in [-0.15, -0.1) is 11.3 Å². The van der Waals surface area contributed by atoms with Crippen molar-refractivity contribution in [1.82, 2.24) is 15.0 Å².